The third-order valence-corrected chi connectivity index (χ3v) is 15.6. The van der Waals surface area contributed by atoms with Crippen LogP contribution < -0.4 is 31.3 Å². The molecule has 15 atom stereocenters. The number of benzene rings is 4. The number of amides is 7. The van der Waals surface area contributed by atoms with Crippen LogP contribution in [-0.4, -0.2) is 211 Å². The second kappa shape index (κ2) is 30.6. The van der Waals surface area contributed by atoms with Crippen LogP contribution in [0.1, 0.15) is 81.8 Å². The van der Waals surface area contributed by atoms with E-state index < -0.39 is 152 Å². The Labute approximate surface area is 503 Å². The second-order valence-corrected chi connectivity index (χ2v) is 22.3. The smallest absolute Gasteiger partial charge is 0.251 e. The van der Waals surface area contributed by atoms with Crippen molar-refractivity contribution in [2.75, 3.05) is 40.0 Å². The highest BCUT2D eigenvalue weighted by molar-refractivity contribution is 6.00. The molecule has 3 fully saturated rings. The standard InChI is InChI=1S/C61H79N9O17/c1-6-7-8-26-87-43-23-19-38(20-24-43)36-11-9-35(10-12-36)37-13-15-40(16-14-37)55(79)63-44-29-46(75)54(68-62-25-27-86-5)67-59(83)50-51(76)32(2)30-70(50)61(85)48(34(4)72)65-58(82)49(53(78)52(77)39-17-21-41(73)22-18-39)66-57(81)45-28-42(74)31-69(45)60(84)47(33(3)71)64-56(44)80/h9-24,32-34,42,44-54,71-78H,6-8,25-31H2,1-5H3,(H,63,79)(H,64,80)(H,65,82)(H,66,81)(H,67,83)/t32-,33+,34+,42+,44-,45?,46+,47?,48?,49?,50?,51-,52-,53-,54?/m0/s1. The Hall–Kier alpha value is -7.95. The molecular formula is C61H79N9O17. The van der Waals surface area contributed by atoms with Crippen molar-refractivity contribution >= 4 is 41.4 Å². The number of hydrogen-bond acceptors (Lipinski definition) is 19. The Morgan fingerprint density at radius 2 is 1.22 bits per heavy atom. The van der Waals surface area contributed by atoms with E-state index in [1.54, 1.807) is 12.1 Å². The zero-order valence-corrected chi connectivity index (χ0v) is 49.0. The number of rotatable bonds is 18. The molecule has 7 amide bonds. The van der Waals surface area contributed by atoms with Crippen molar-refractivity contribution in [3.05, 3.63) is 108 Å². The number of ether oxygens (including phenoxy) is 2. The molecule has 470 valence electrons. The summed E-state index contributed by atoms with van der Waals surface area (Å²) in [5.41, 5.74) is 3.42. The molecule has 0 spiro atoms. The van der Waals surface area contributed by atoms with E-state index in [0.29, 0.717) is 6.61 Å². The number of hydrogen-bond donors (Lipinski definition) is 13. The number of carbonyl (C=O) groups excluding carboxylic acids is 7. The van der Waals surface area contributed by atoms with Gasteiger partial charge in [0.05, 0.1) is 50.3 Å². The van der Waals surface area contributed by atoms with Crippen LogP contribution in [0.3, 0.4) is 0 Å². The van der Waals surface area contributed by atoms with E-state index >= 15 is 0 Å². The summed E-state index contributed by atoms with van der Waals surface area (Å²) in [4.78, 5) is 103. The molecular weight excluding hydrogens is 1130 g/mol. The molecule has 0 bridgehead atoms. The Balaban J connectivity index is 1.23. The molecule has 6 unspecified atom stereocenters. The number of methoxy groups -OCH3 is 1. The number of aliphatic hydroxyl groups excluding tert-OH is 7. The van der Waals surface area contributed by atoms with E-state index in [1.165, 1.54) is 38.3 Å². The molecule has 3 saturated heterocycles. The summed E-state index contributed by atoms with van der Waals surface area (Å²) in [6.45, 7) is 5.46. The number of aromatic hydroxyl groups is 1. The zero-order chi connectivity index (χ0) is 63.2. The predicted octanol–water partition coefficient (Wildman–Crippen LogP) is 0.179. The zero-order valence-electron chi connectivity index (χ0n) is 49.0. The lowest BCUT2D eigenvalue weighted by Gasteiger charge is -2.34. The number of azo groups is 1. The number of nitrogens with one attached hydrogen (secondary N) is 5. The number of aliphatic hydroxyl groups is 7. The molecule has 7 rings (SSSR count). The predicted molar refractivity (Wildman–Crippen MR) is 313 cm³/mol. The average molecular weight is 1210 g/mol. The van der Waals surface area contributed by atoms with Gasteiger partial charge in [0.1, 0.15) is 60.0 Å². The summed E-state index contributed by atoms with van der Waals surface area (Å²) in [5.74, 6) is -8.43. The van der Waals surface area contributed by atoms with Crippen molar-refractivity contribution in [2.45, 2.75) is 145 Å². The molecule has 0 aliphatic carbocycles. The maximum Gasteiger partial charge on any atom is 0.251 e. The van der Waals surface area contributed by atoms with E-state index in [4.69, 9.17) is 9.47 Å². The van der Waals surface area contributed by atoms with Gasteiger partial charge in [0.15, 0.2) is 6.17 Å². The lowest BCUT2D eigenvalue weighted by Crippen LogP contribution is -2.64. The minimum Gasteiger partial charge on any atom is -0.508 e. The molecule has 26 nitrogen and oxygen atoms in total. The van der Waals surface area contributed by atoms with Crippen LogP contribution >= 0.6 is 0 Å². The number of phenols is 1. The third-order valence-electron chi connectivity index (χ3n) is 15.6. The van der Waals surface area contributed by atoms with Crippen molar-refractivity contribution in [3.63, 3.8) is 0 Å². The van der Waals surface area contributed by atoms with Crippen LogP contribution in [-0.2, 0) is 33.5 Å². The minimum absolute atomic E-state index is 0.0153. The molecule has 4 aromatic carbocycles. The topological polar surface area (TPSA) is 391 Å². The summed E-state index contributed by atoms with van der Waals surface area (Å²) in [7, 11) is 1.38. The molecule has 87 heavy (non-hydrogen) atoms. The van der Waals surface area contributed by atoms with Crippen molar-refractivity contribution in [2.24, 2.45) is 16.1 Å². The number of carbonyl (C=O) groups is 7. The Morgan fingerprint density at radius 3 is 1.79 bits per heavy atom. The summed E-state index contributed by atoms with van der Waals surface area (Å²) in [5, 5.41) is 110. The fraction of sp³-hybridized carbons (Fsp3) is 0.492. The summed E-state index contributed by atoms with van der Waals surface area (Å²) in [6.07, 6.45) is -12.9. The first-order chi connectivity index (χ1) is 41.5. The van der Waals surface area contributed by atoms with E-state index in [2.05, 4.69) is 43.7 Å². The van der Waals surface area contributed by atoms with Gasteiger partial charge in [0.25, 0.3) is 5.91 Å². The first-order valence-electron chi connectivity index (χ1n) is 29.0. The van der Waals surface area contributed by atoms with E-state index in [1.807, 2.05) is 48.5 Å². The molecule has 0 saturated carbocycles. The molecule has 4 aromatic rings. The third kappa shape index (κ3) is 16.8. The fourth-order valence-electron chi connectivity index (χ4n) is 10.6. The lowest BCUT2D eigenvalue weighted by atomic mass is 9.96. The van der Waals surface area contributed by atoms with Gasteiger partial charge in [0, 0.05) is 44.5 Å². The monoisotopic (exact) mass is 1210 g/mol. The molecule has 3 aliphatic rings. The average Bonchev–Trinajstić information content (AvgIpc) is 1.92. The van der Waals surface area contributed by atoms with Gasteiger partial charge >= 0.3 is 0 Å². The van der Waals surface area contributed by atoms with Crippen molar-refractivity contribution in [1.29, 1.82) is 0 Å². The first kappa shape index (κ1) is 66.6. The van der Waals surface area contributed by atoms with Gasteiger partial charge in [-0.3, -0.25) is 33.6 Å². The van der Waals surface area contributed by atoms with Gasteiger partial charge in [-0.15, -0.1) is 0 Å². The van der Waals surface area contributed by atoms with E-state index in [9.17, 15) is 74.4 Å². The summed E-state index contributed by atoms with van der Waals surface area (Å²) in [6, 6.07) is 15.0. The van der Waals surface area contributed by atoms with Gasteiger partial charge in [-0.1, -0.05) is 87.4 Å². The van der Waals surface area contributed by atoms with E-state index in [0.717, 1.165) is 83.0 Å². The number of phenolic OH excluding ortho intramolecular Hbond substituents is 1. The Kier molecular flexibility index (Phi) is 23.4. The molecule has 0 aromatic heterocycles. The van der Waals surface area contributed by atoms with Crippen LogP contribution in [0.5, 0.6) is 11.5 Å². The number of nitrogens with zero attached hydrogens (tertiary/aromatic N) is 4. The normalized spacial score (nSPS) is 26.7. The highest BCUT2D eigenvalue weighted by Gasteiger charge is 2.50. The van der Waals surface area contributed by atoms with Crippen molar-refractivity contribution < 1.29 is 83.9 Å². The largest absolute Gasteiger partial charge is 0.508 e. The Morgan fingerprint density at radius 1 is 0.667 bits per heavy atom. The van der Waals surface area contributed by atoms with Gasteiger partial charge in [-0.05, 0) is 84.5 Å². The Bertz CT molecular complexity index is 3030. The maximum absolute atomic E-state index is 14.7. The van der Waals surface area contributed by atoms with Crippen LogP contribution in [0.4, 0.5) is 0 Å². The van der Waals surface area contributed by atoms with Gasteiger partial charge in [-0.25, -0.2) is 0 Å². The maximum atomic E-state index is 14.7. The fourth-order valence-corrected chi connectivity index (χ4v) is 10.6. The molecule has 26 heteroatoms. The van der Waals surface area contributed by atoms with Crippen LogP contribution in [0.25, 0.3) is 22.3 Å². The summed E-state index contributed by atoms with van der Waals surface area (Å²) < 4.78 is 10.9. The van der Waals surface area contributed by atoms with E-state index in [-0.39, 0.29) is 36.6 Å². The highest BCUT2D eigenvalue weighted by Crippen LogP contribution is 2.30. The van der Waals surface area contributed by atoms with Crippen LogP contribution in [0.15, 0.2) is 107 Å². The second-order valence-electron chi connectivity index (χ2n) is 22.3. The number of fused-ring (bicyclic) bond motifs is 2. The van der Waals surface area contributed by atoms with Crippen LogP contribution in [0, 0.1) is 5.92 Å². The first-order valence-corrected chi connectivity index (χ1v) is 29.0. The molecule has 3 aliphatic heterocycles. The highest BCUT2D eigenvalue weighted by atomic mass is 16.5. The van der Waals surface area contributed by atoms with Gasteiger partial charge in [-0.2, -0.15) is 10.2 Å². The minimum atomic E-state index is -2.29. The van der Waals surface area contributed by atoms with Crippen molar-refractivity contribution in [1.82, 2.24) is 36.4 Å². The van der Waals surface area contributed by atoms with Gasteiger partial charge < -0.3 is 86.7 Å². The number of unbranched alkanes of at least 4 members (excludes halogenated alkanes) is 2. The molecule has 13 N–H and O–H groups in total. The molecule has 0 radical (unpaired) electrons. The molecule has 3 heterocycles. The van der Waals surface area contributed by atoms with Crippen LogP contribution in [0.2, 0.25) is 0 Å². The van der Waals surface area contributed by atoms with Crippen molar-refractivity contribution in [3.8, 4) is 33.8 Å². The lowest BCUT2D eigenvalue weighted by molar-refractivity contribution is -0.148. The quantitative estimate of drug-likeness (QED) is 0.0467. The SMILES string of the molecule is CCCCCOc1ccc(-c2ccc(-c3ccc(C(=O)N[C@H]4C[C@@H](O)C(N=NCCOC)NC(=O)C5[C@@H](O)[C@@H](C)CN5C(=O)C([C@@H](C)O)NC(=O)C([C@H](O)[C@@H](O)c5ccc(O)cc5)NC(=O)C5C[C@@H](O)CN5C(=O)C([C@@H](C)O)NC4=O)cc3)cc2)cc1. The van der Waals surface area contributed by atoms with Gasteiger partial charge in [0.2, 0.25) is 35.4 Å². The summed E-state index contributed by atoms with van der Waals surface area (Å²) >= 11 is 0.